The lowest BCUT2D eigenvalue weighted by Gasteiger charge is -2.21. The van der Waals surface area contributed by atoms with Crippen LogP contribution in [0.4, 0.5) is 0 Å². The lowest BCUT2D eigenvalue weighted by atomic mass is 10.1. The second kappa shape index (κ2) is 11.0. The Morgan fingerprint density at radius 1 is 1.16 bits per heavy atom. The third kappa shape index (κ3) is 5.20. The van der Waals surface area contributed by atoms with E-state index in [0.29, 0.717) is 30.8 Å². The highest BCUT2D eigenvalue weighted by Gasteiger charge is 2.39. The van der Waals surface area contributed by atoms with Gasteiger partial charge < -0.3 is 4.74 Å². The van der Waals surface area contributed by atoms with Crippen molar-refractivity contribution in [2.24, 2.45) is 0 Å². The first-order valence-corrected chi connectivity index (χ1v) is 14.3. The summed E-state index contributed by atoms with van der Waals surface area (Å²) in [6.45, 7) is 0.366. The van der Waals surface area contributed by atoms with Crippen molar-refractivity contribution in [3.05, 3.63) is 84.2 Å². The maximum absolute atomic E-state index is 13.6. The van der Waals surface area contributed by atoms with Crippen LogP contribution in [0, 0.1) is 0 Å². The Kier molecular flexibility index (Phi) is 7.56. The molecular weight excluding hydrogens is 526 g/mol. The molecule has 12 heteroatoms. The molecule has 0 bridgehead atoms. The Labute approximate surface area is 224 Å². The fourth-order valence-corrected chi connectivity index (χ4v) is 7.73. The van der Waals surface area contributed by atoms with E-state index >= 15 is 0 Å². The first kappa shape index (κ1) is 26.0. The van der Waals surface area contributed by atoms with Gasteiger partial charge in [0.25, 0.3) is 15.9 Å². The van der Waals surface area contributed by atoms with Crippen molar-refractivity contribution in [1.29, 1.82) is 0 Å². The van der Waals surface area contributed by atoms with E-state index in [-0.39, 0.29) is 10.6 Å². The van der Waals surface area contributed by atoms with Crippen LogP contribution in [0.5, 0.6) is 5.75 Å². The van der Waals surface area contributed by atoms with Crippen LogP contribution in [0.1, 0.15) is 36.2 Å². The number of nitrogens with one attached hydrogen (secondary N) is 1. The Morgan fingerprint density at radius 3 is 2.63 bits per heavy atom. The Balaban J connectivity index is 1.38. The van der Waals surface area contributed by atoms with E-state index in [2.05, 4.69) is 10.3 Å². The summed E-state index contributed by atoms with van der Waals surface area (Å²) in [6, 6.07) is 18.9. The average Bonchev–Trinajstić information content (AvgIpc) is 3.73. The summed E-state index contributed by atoms with van der Waals surface area (Å²) < 4.78 is 35.5. The second-order valence-corrected chi connectivity index (χ2v) is 12.1. The predicted octanol–water partition coefficient (Wildman–Crippen LogP) is 3.83. The SMILES string of the molecule is COc1ccc(C[C@@H](C(=O)NO)n2cc([C@@H]3CCCN3S(=O)(=O)c3ccc(-c4ccccc4)s3)nn2)cc1. The summed E-state index contributed by atoms with van der Waals surface area (Å²) in [7, 11) is -2.20. The Hall–Kier alpha value is -3.58. The van der Waals surface area contributed by atoms with Crippen molar-refractivity contribution in [2.45, 2.75) is 35.6 Å². The van der Waals surface area contributed by atoms with Crippen LogP contribution in [0.15, 0.2) is 77.1 Å². The van der Waals surface area contributed by atoms with Crippen molar-refractivity contribution >= 4 is 27.3 Å². The van der Waals surface area contributed by atoms with Crippen molar-refractivity contribution in [1.82, 2.24) is 24.8 Å². The van der Waals surface area contributed by atoms with E-state index in [0.717, 1.165) is 16.0 Å². The van der Waals surface area contributed by atoms with E-state index in [9.17, 15) is 18.4 Å². The summed E-state index contributed by atoms with van der Waals surface area (Å²) in [6.07, 6.45) is 3.10. The molecule has 10 nitrogen and oxygen atoms in total. The van der Waals surface area contributed by atoms with Crippen LogP contribution < -0.4 is 10.2 Å². The molecule has 4 aromatic rings. The number of hydroxylamine groups is 1. The van der Waals surface area contributed by atoms with Gasteiger partial charge in [-0.2, -0.15) is 4.31 Å². The second-order valence-electron chi connectivity index (χ2n) is 8.93. The molecule has 0 aliphatic carbocycles. The van der Waals surface area contributed by atoms with Crippen LogP contribution in [-0.2, 0) is 21.2 Å². The van der Waals surface area contributed by atoms with E-state index in [1.54, 1.807) is 37.0 Å². The number of aromatic nitrogens is 3. The molecule has 1 fully saturated rings. The van der Waals surface area contributed by atoms with Gasteiger partial charge in [0.1, 0.15) is 21.7 Å². The van der Waals surface area contributed by atoms with Crippen LogP contribution in [0.3, 0.4) is 0 Å². The molecular formula is C26H27N5O5S2. The molecule has 1 saturated heterocycles. The van der Waals surface area contributed by atoms with E-state index in [1.165, 1.54) is 20.3 Å². The quantitative estimate of drug-likeness (QED) is 0.238. The number of amides is 1. The lowest BCUT2D eigenvalue weighted by Crippen LogP contribution is -2.32. The number of carbonyl (C=O) groups is 1. The molecule has 3 heterocycles. The fourth-order valence-electron chi connectivity index (χ4n) is 4.62. The summed E-state index contributed by atoms with van der Waals surface area (Å²) in [4.78, 5) is 13.4. The highest BCUT2D eigenvalue weighted by atomic mass is 32.2. The summed E-state index contributed by atoms with van der Waals surface area (Å²) >= 11 is 1.24. The normalized spacial score (nSPS) is 16.8. The van der Waals surface area contributed by atoms with Crippen LogP contribution in [-0.4, -0.2) is 52.5 Å². The van der Waals surface area contributed by atoms with Crippen molar-refractivity contribution in [2.75, 3.05) is 13.7 Å². The number of sulfonamides is 1. The van der Waals surface area contributed by atoms with Crippen molar-refractivity contribution in [3.8, 4) is 16.2 Å². The highest BCUT2D eigenvalue weighted by Crippen LogP contribution is 2.39. The zero-order valence-corrected chi connectivity index (χ0v) is 22.2. The monoisotopic (exact) mass is 553 g/mol. The van der Waals surface area contributed by atoms with E-state index in [4.69, 9.17) is 4.74 Å². The molecule has 0 saturated carbocycles. The molecule has 2 N–H and O–H groups in total. The van der Waals surface area contributed by atoms with E-state index < -0.39 is 28.0 Å². The molecule has 5 rings (SSSR count). The topological polar surface area (TPSA) is 127 Å². The third-order valence-corrected chi connectivity index (χ3v) is 10.1. The van der Waals surface area contributed by atoms with Gasteiger partial charge in [0.15, 0.2) is 0 Å². The lowest BCUT2D eigenvalue weighted by molar-refractivity contribution is -0.133. The maximum Gasteiger partial charge on any atom is 0.268 e. The average molecular weight is 554 g/mol. The molecule has 1 amide bonds. The van der Waals surface area contributed by atoms with E-state index in [1.807, 2.05) is 48.5 Å². The minimum Gasteiger partial charge on any atom is -0.497 e. The summed E-state index contributed by atoms with van der Waals surface area (Å²) in [5.41, 5.74) is 3.94. The molecule has 38 heavy (non-hydrogen) atoms. The predicted molar refractivity (Wildman–Crippen MR) is 141 cm³/mol. The van der Waals surface area contributed by atoms with Gasteiger partial charge in [-0.05, 0) is 48.2 Å². The van der Waals surface area contributed by atoms with Gasteiger partial charge in [-0.15, -0.1) is 16.4 Å². The molecule has 2 atom stereocenters. The number of ether oxygens (including phenoxy) is 1. The zero-order chi connectivity index (χ0) is 26.7. The van der Waals surface area contributed by atoms with Crippen LogP contribution >= 0.6 is 11.3 Å². The van der Waals surface area contributed by atoms with Gasteiger partial charge in [0.2, 0.25) is 0 Å². The number of carbonyl (C=O) groups excluding carboxylic acids is 1. The number of methoxy groups -OCH3 is 1. The summed E-state index contributed by atoms with van der Waals surface area (Å²) in [5, 5.41) is 17.7. The molecule has 2 aromatic heterocycles. The number of benzene rings is 2. The number of hydrogen-bond donors (Lipinski definition) is 2. The number of rotatable bonds is 9. The van der Waals surface area contributed by atoms with Crippen molar-refractivity contribution < 1.29 is 23.2 Å². The Morgan fingerprint density at radius 2 is 1.92 bits per heavy atom. The first-order valence-electron chi connectivity index (χ1n) is 12.1. The molecule has 198 valence electrons. The van der Waals surface area contributed by atoms with Gasteiger partial charge in [0, 0.05) is 17.8 Å². The van der Waals surface area contributed by atoms with Gasteiger partial charge in [-0.25, -0.2) is 18.6 Å². The number of nitrogens with zero attached hydrogens (tertiary/aromatic N) is 4. The molecule has 1 aliphatic heterocycles. The van der Waals surface area contributed by atoms with Gasteiger partial charge in [0.05, 0.1) is 19.3 Å². The van der Waals surface area contributed by atoms with Crippen molar-refractivity contribution in [3.63, 3.8) is 0 Å². The minimum absolute atomic E-state index is 0.239. The first-order chi connectivity index (χ1) is 18.4. The van der Waals surface area contributed by atoms with Gasteiger partial charge in [-0.3, -0.25) is 10.0 Å². The standard InChI is InChI=1S/C26H27N5O5S2/c1-36-20-11-9-18(10-12-20)16-23(26(32)28-33)30-17-21(27-29-30)22-8-5-15-31(22)38(34,35)25-14-13-24(37-25)19-6-3-2-4-7-19/h2-4,6-7,9-14,17,22-23,33H,5,8,15-16H2,1H3,(H,28,32)/t22-,23-/m0/s1. The Bertz CT molecular complexity index is 1500. The molecule has 1 aliphatic rings. The minimum atomic E-state index is -3.77. The van der Waals surface area contributed by atoms with Gasteiger partial charge >= 0.3 is 0 Å². The number of thiophene rings is 1. The molecule has 0 radical (unpaired) electrons. The van der Waals surface area contributed by atoms with Gasteiger partial charge in [-0.1, -0.05) is 47.7 Å². The van der Waals surface area contributed by atoms with Crippen LogP contribution in [0.2, 0.25) is 0 Å². The fraction of sp³-hybridized carbons (Fsp3) is 0.269. The highest BCUT2D eigenvalue weighted by molar-refractivity contribution is 7.91. The molecule has 0 spiro atoms. The number of hydrogen-bond acceptors (Lipinski definition) is 8. The smallest absolute Gasteiger partial charge is 0.268 e. The molecule has 0 unspecified atom stereocenters. The third-order valence-electron chi connectivity index (χ3n) is 6.60. The largest absolute Gasteiger partial charge is 0.497 e. The summed E-state index contributed by atoms with van der Waals surface area (Å²) in [5.74, 6) is 0.0318. The van der Waals surface area contributed by atoms with Crippen LogP contribution in [0.25, 0.3) is 10.4 Å². The zero-order valence-electron chi connectivity index (χ0n) is 20.6. The maximum atomic E-state index is 13.6. The molecule has 2 aromatic carbocycles.